The van der Waals surface area contributed by atoms with E-state index < -0.39 is 11.6 Å². The molecule has 2 rings (SSSR count). The van der Waals surface area contributed by atoms with E-state index in [-0.39, 0.29) is 18.3 Å². The van der Waals surface area contributed by atoms with Crippen molar-refractivity contribution >= 4 is 0 Å². The molecule has 2 nitrogen and oxygen atoms in total. The quantitative estimate of drug-likeness (QED) is 0.884. The molecule has 2 N–H and O–H groups in total. The summed E-state index contributed by atoms with van der Waals surface area (Å²) < 4.78 is 26.2. The van der Waals surface area contributed by atoms with Crippen molar-refractivity contribution in [1.82, 2.24) is 5.32 Å². The summed E-state index contributed by atoms with van der Waals surface area (Å²) in [6, 6.07) is 10.3. The molecule has 4 heteroatoms. The molecule has 0 saturated heterocycles. The predicted molar refractivity (Wildman–Crippen MR) is 69.7 cm³/mol. The van der Waals surface area contributed by atoms with Gasteiger partial charge in [-0.15, -0.1) is 0 Å². The van der Waals surface area contributed by atoms with Crippen molar-refractivity contribution in [2.45, 2.75) is 19.5 Å². The Kier molecular flexibility index (Phi) is 4.12. The third-order valence-electron chi connectivity index (χ3n) is 3.02. The highest BCUT2D eigenvalue weighted by molar-refractivity contribution is 5.34. The lowest BCUT2D eigenvalue weighted by Gasteiger charge is -2.15. The van der Waals surface area contributed by atoms with Crippen molar-refractivity contribution in [2.24, 2.45) is 0 Å². The number of rotatable bonds is 4. The van der Waals surface area contributed by atoms with Crippen molar-refractivity contribution in [3.8, 4) is 5.75 Å². The zero-order valence-electron chi connectivity index (χ0n) is 10.5. The van der Waals surface area contributed by atoms with Crippen LogP contribution in [0.15, 0.2) is 42.5 Å². The van der Waals surface area contributed by atoms with Crippen LogP contribution in [0.4, 0.5) is 8.78 Å². The molecule has 0 aromatic heterocycles. The van der Waals surface area contributed by atoms with Gasteiger partial charge in [-0.05, 0) is 19.1 Å². The summed E-state index contributed by atoms with van der Waals surface area (Å²) in [6.07, 6.45) is 0. The van der Waals surface area contributed by atoms with E-state index in [1.807, 2.05) is 13.0 Å². The fraction of sp³-hybridized carbons (Fsp3) is 0.200. The zero-order chi connectivity index (χ0) is 13.8. The molecule has 0 amide bonds. The van der Waals surface area contributed by atoms with Crippen LogP contribution in [0.1, 0.15) is 24.1 Å². The van der Waals surface area contributed by atoms with Crippen molar-refractivity contribution in [3.05, 3.63) is 65.2 Å². The van der Waals surface area contributed by atoms with Crippen LogP contribution in [-0.4, -0.2) is 5.11 Å². The SMILES string of the molecule is CC(NCc1ccc(F)cc1F)c1ccccc1O. The molecule has 1 unspecified atom stereocenters. The molecule has 19 heavy (non-hydrogen) atoms. The molecule has 0 heterocycles. The first-order valence-corrected chi connectivity index (χ1v) is 6.03. The first kappa shape index (κ1) is 13.5. The van der Waals surface area contributed by atoms with E-state index in [0.717, 1.165) is 11.6 Å². The number of aromatic hydroxyl groups is 1. The highest BCUT2D eigenvalue weighted by atomic mass is 19.1. The monoisotopic (exact) mass is 263 g/mol. The van der Waals surface area contributed by atoms with E-state index in [1.165, 1.54) is 12.1 Å². The molecule has 0 saturated carbocycles. The zero-order valence-corrected chi connectivity index (χ0v) is 10.5. The third kappa shape index (κ3) is 3.29. The molecule has 0 aliphatic carbocycles. The second-order valence-corrected chi connectivity index (χ2v) is 4.40. The van der Waals surface area contributed by atoms with E-state index in [9.17, 15) is 13.9 Å². The van der Waals surface area contributed by atoms with Crippen molar-refractivity contribution < 1.29 is 13.9 Å². The Morgan fingerprint density at radius 2 is 1.89 bits per heavy atom. The van der Waals surface area contributed by atoms with E-state index >= 15 is 0 Å². The molecule has 0 radical (unpaired) electrons. The van der Waals surface area contributed by atoms with Crippen LogP contribution in [0.3, 0.4) is 0 Å². The van der Waals surface area contributed by atoms with Gasteiger partial charge in [0.1, 0.15) is 17.4 Å². The Bertz CT molecular complexity index is 572. The smallest absolute Gasteiger partial charge is 0.130 e. The van der Waals surface area contributed by atoms with Gasteiger partial charge in [-0.3, -0.25) is 0 Å². The number of phenolic OH excluding ortho intramolecular Hbond substituents is 1. The molecule has 0 fully saturated rings. The van der Waals surface area contributed by atoms with Crippen LogP contribution in [-0.2, 0) is 6.54 Å². The van der Waals surface area contributed by atoms with Gasteiger partial charge in [-0.25, -0.2) is 8.78 Å². The van der Waals surface area contributed by atoms with Gasteiger partial charge in [0.15, 0.2) is 0 Å². The van der Waals surface area contributed by atoms with Gasteiger partial charge in [-0.2, -0.15) is 0 Å². The maximum atomic E-state index is 13.5. The van der Waals surface area contributed by atoms with Crippen LogP contribution in [0, 0.1) is 11.6 Å². The Morgan fingerprint density at radius 3 is 2.58 bits per heavy atom. The number of phenols is 1. The normalized spacial score (nSPS) is 12.4. The van der Waals surface area contributed by atoms with E-state index in [4.69, 9.17) is 0 Å². The van der Waals surface area contributed by atoms with E-state index in [0.29, 0.717) is 5.56 Å². The Labute approximate surface area is 110 Å². The number of halogens is 2. The molecule has 100 valence electrons. The predicted octanol–water partition coefficient (Wildman–Crippen LogP) is 3.52. The van der Waals surface area contributed by atoms with Gasteiger partial charge >= 0.3 is 0 Å². The average molecular weight is 263 g/mol. The molecule has 0 spiro atoms. The number of nitrogens with one attached hydrogen (secondary N) is 1. The number of hydrogen-bond acceptors (Lipinski definition) is 2. The standard InChI is InChI=1S/C15H15F2NO/c1-10(13-4-2-3-5-15(13)19)18-9-11-6-7-12(16)8-14(11)17/h2-8,10,18-19H,9H2,1H3. The summed E-state index contributed by atoms with van der Waals surface area (Å²) in [6.45, 7) is 2.14. The summed E-state index contributed by atoms with van der Waals surface area (Å²) in [7, 11) is 0. The number of hydrogen-bond donors (Lipinski definition) is 2. The van der Waals surface area contributed by atoms with Crippen molar-refractivity contribution in [3.63, 3.8) is 0 Å². The van der Waals surface area contributed by atoms with Crippen molar-refractivity contribution in [1.29, 1.82) is 0 Å². The topological polar surface area (TPSA) is 32.3 Å². The average Bonchev–Trinajstić information content (AvgIpc) is 2.38. The largest absolute Gasteiger partial charge is 0.508 e. The minimum atomic E-state index is -0.588. The van der Waals surface area contributed by atoms with E-state index in [1.54, 1.807) is 18.2 Å². The van der Waals surface area contributed by atoms with Crippen LogP contribution in [0.5, 0.6) is 5.75 Å². The molecule has 0 bridgehead atoms. The molecular formula is C15H15F2NO. The molecular weight excluding hydrogens is 248 g/mol. The summed E-state index contributed by atoms with van der Waals surface area (Å²) in [5, 5.41) is 12.8. The first-order chi connectivity index (χ1) is 9.08. The minimum Gasteiger partial charge on any atom is -0.508 e. The number of para-hydroxylation sites is 1. The second kappa shape index (κ2) is 5.80. The minimum absolute atomic E-state index is 0.134. The van der Waals surface area contributed by atoms with Crippen LogP contribution < -0.4 is 5.32 Å². The van der Waals surface area contributed by atoms with E-state index in [2.05, 4.69) is 5.32 Å². The van der Waals surface area contributed by atoms with Crippen molar-refractivity contribution in [2.75, 3.05) is 0 Å². The lowest BCUT2D eigenvalue weighted by molar-refractivity contribution is 0.451. The van der Waals surface area contributed by atoms with Gasteiger partial charge in [0, 0.05) is 29.8 Å². The number of benzene rings is 2. The van der Waals surface area contributed by atoms with Gasteiger partial charge in [0.25, 0.3) is 0 Å². The molecule has 0 aliphatic rings. The van der Waals surface area contributed by atoms with Crippen LogP contribution in [0.2, 0.25) is 0 Å². The Hall–Kier alpha value is -1.94. The maximum absolute atomic E-state index is 13.5. The lowest BCUT2D eigenvalue weighted by Crippen LogP contribution is -2.18. The van der Waals surface area contributed by atoms with Gasteiger partial charge in [-0.1, -0.05) is 24.3 Å². The summed E-state index contributed by atoms with van der Waals surface area (Å²) in [5.41, 5.74) is 1.13. The molecule has 1 atom stereocenters. The van der Waals surface area contributed by atoms with Gasteiger partial charge < -0.3 is 10.4 Å². The first-order valence-electron chi connectivity index (χ1n) is 6.03. The Balaban J connectivity index is 2.04. The van der Waals surface area contributed by atoms with Crippen LogP contribution >= 0.6 is 0 Å². The fourth-order valence-electron chi connectivity index (χ4n) is 1.89. The second-order valence-electron chi connectivity index (χ2n) is 4.40. The summed E-state index contributed by atoms with van der Waals surface area (Å²) >= 11 is 0. The highest BCUT2D eigenvalue weighted by Gasteiger charge is 2.10. The fourth-order valence-corrected chi connectivity index (χ4v) is 1.89. The maximum Gasteiger partial charge on any atom is 0.130 e. The molecule has 2 aromatic rings. The van der Waals surface area contributed by atoms with Gasteiger partial charge in [0.05, 0.1) is 0 Å². The summed E-state index contributed by atoms with van der Waals surface area (Å²) in [5.74, 6) is -0.964. The molecule has 2 aromatic carbocycles. The Morgan fingerprint density at radius 1 is 1.16 bits per heavy atom. The molecule has 0 aliphatic heterocycles. The summed E-state index contributed by atoms with van der Waals surface area (Å²) in [4.78, 5) is 0. The lowest BCUT2D eigenvalue weighted by atomic mass is 10.1. The third-order valence-corrected chi connectivity index (χ3v) is 3.02. The highest BCUT2D eigenvalue weighted by Crippen LogP contribution is 2.23. The van der Waals surface area contributed by atoms with Gasteiger partial charge in [0.2, 0.25) is 0 Å². The van der Waals surface area contributed by atoms with Crippen LogP contribution in [0.25, 0.3) is 0 Å².